The minimum atomic E-state index is -0.725. The summed E-state index contributed by atoms with van der Waals surface area (Å²) < 4.78 is 152. The molecule has 8 aromatic rings. The summed E-state index contributed by atoms with van der Waals surface area (Å²) >= 11 is 0. The first-order chi connectivity index (χ1) is 25.9. The second-order valence-corrected chi connectivity index (χ2v) is 8.53. The maximum Gasteiger partial charge on any atom is 0.0652 e. The van der Waals surface area contributed by atoms with Gasteiger partial charge >= 0.3 is 0 Å². The number of fused-ring (bicyclic) bond motifs is 6. The lowest BCUT2D eigenvalue weighted by atomic mass is 10.0. The molecule has 0 saturated carbocycles. The van der Waals surface area contributed by atoms with Gasteiger partial charge in [-0.3, -0.25) is 0 Å². The van der Waals surface area contributed by atoms with Crippen molar-refractivity contribution < 1.29 is 23.3 Å². The number of para-hydroxylation sites is 4. The van der Waals surface area contributed by atoms with Crippen molar-refractivity contribution in [3.63, 3.8) is 0 Å². The van der Waals surface area contributed by atoms with E-state index in [0.717, 1.165) is 4.57 Å². The van der Waals surface area contributed by atoms with Crippen molar-refractivity contribution in [3.05, 3.63) is 145 Å². The number of hydrogen-bond donors (Lipinski definition) is 0. The molecule has 0 unspecified atom stereocenters. The molecule has 8 rings (SSSR count). The molecule has 0 fully saturated rings. The van der Waals surface area contributed by atoms with Gasteiger partial charge in [0.25, 0.3) is 0 Å². The van der Waals surface area contributed by atoms with Crippen LogP contribution in [0.5, 0.6) is 0 Å². The Kier molecular flexibility index (Phi) is 2.24. The van der Waals surface area contributed by atoms with E-state index in [2.05, 4.69) is 0 Å². The van der Waals surface area contributed by atoms with E-state index in [9.17, 15) is 4.11 Å². The zero-order valence-electron chi connectivity index (χ0n) is 36.4. The minimum absolute atomic E-state index is 0.0243. The fraction of sp³-hybridized carbons (Fsp3) is 0. The molecule has 6 aromatic carbocycles. The summed E-state index contributed by atoms with van der Waals surface area (Å²) in [4.78, 5) is 0. The fourth-order valence-corrected chi connectivity index (χ4v) is 4.92. The molecule has 0 radical (unpaired) electrons. The van der Waals surface area contributed by atoms with E-state index in [-0.39, 0.29) is 61.4 Å². The molecule has 0 aliphatic carbocycles. The summed E-state index contributed by atoms with van der Waals surface area (Å²) in [5.74, 6) is 0. The predicted molar refractivity (Wildman–Crippen MR) is 161 cm³/mol. The van der Waals surface area contributed by atoms with Crippen molar-refractivity contribution in [2.45, 2.75) is 0 Å². The predicted octanol–water partition coefficient (Wildman–Crippen LogP) is 9.55. The molecule has 2 heteroatoms. The zero-order valence-corrected chi connectivity index (χ0v) is 19.4. The lowest BCUT2D eigenvalue weighted by Crippen LogP contribution is -1.97. The number of benzene rings is 6. The average molecular weight is 502 g/mol. The SMILES string of the molecule is [2H]c1cc([2H])cc(-c2ccccc2-n2c3c([2H])c([2H])c([2H])c([2H])c3c3c([2H])c(-n4c5c([2H])c([2H])c([2H])c([2H])c5c5c([2H])c([2H])c([2H])c([2H])c54)c([2H])c([2H])c32)c1. The van der Waals surface area contributed by atoms with Crippen LogP contribution < -0.4 is 0 Å². The molecule has 38 heavy (non-hydrogen) atoms. The van der Waals surface area contributed by atoms with E-state index in [1.54, 1.807) is 24.3 Å². The Hall–Kier alpha value is -5.08. The third-order valence-corrected chi connectivity index (χ3v) is 6.50. The Morgan fingerprint density at radius 3 is 1.68 bits per heavy atom. The second kappa shape index (κ2) is 8.22. The molecular formula is C36H24N2. The highest BCUT2D eigenvalue weighted by Crippen LogP contribution is 2.38. The van der Waals surface area contributed by atoms with Gasteiger partial charge in [-0.05, 0) is 47.9 Å². The van der Waals surface area contributed by atoms with Crippen molar-refractivity contribution >= 4 is 43.6 Å². The van der Waals surface area contributed by atoms with Gasteiger partial charge in [-0.1, -0.05) is 103 Å². The number of hydrogen-bond acceptors (Lipinski definition) is 0. The number of nitrogens with zero attached hydrogens (tertiary/aromatic N) is 2. The first-order valence-electron chi connectivity index (χ1n) is 20.2. The standard InChI is InChI=1S/C36H24N2/c1-2-12-25(13-3-1)27-14-4-8-18-32(27)38-35-21-11-7-17-30(35)31-24-26(22-23-36(31)38)37-33-19-9-5-15-28(33)29-16-6-10-20-34(29)37/h1-24H/i2D,3D,5D,6D,7D,9D,10D,11D,15D,16D,17D,19D,20D,21D,22D,23D,24D. The van der Waals surface area contributed by atoms with Crippen molar-refractivity contribution in [2.75, 3.05) is 0 Å². The molecule has 178 valence electrons. The molecule has 0 aliphatic heterocycles. The van der Waals surface area contributed by atoms with Gasteiger partial charge in [-0.15, -0.1) is 0 Å². The van der Waals surface area contributed by atoms with Crippen LogP contribution in [0.2, 0.25) is 0 Å². The molecule has 0 aliphatic rings. The van der Waals surface area contributed by atoms with Crippen molar-refractivity contribution in [3.8, 4) is 22.5 Å². The van der Waals surface area contributed by atoms with Crippen LogP contribution in [0.15, 0.2) is 145 Å². The Balaban J connectivity index is 1.66. The Morgan fingerprint density at radius 1 is 0.447 bits per heavy atom. The highest BCUT2D eigenvalue weighted by molar-refractivity contribution is 6.12. The van der Waals surface area contributed by atoms with Gasteiger partial charge in [0.1, 0.15) is 0 Å². The summed E-state index contributed by atoms with van der Waals surface area (Å²) in [5.41, 5.74) is -0.606. The van der Waals surface area contributed by atoms with E-state index < -0.39 is 96.3 Å². The molecule has 0 N–H and O–H groups in total. The van der Waals surface area contributed by atoms with Crippen molar-refractivity contribution in [2.24, 2.45) is 0 Å². The largest absolute Gasteiger partial charge is 0.309 e. The quantitative estimate of drug-likeness (QED) is 0.228. The first-order valence-corrected chi connectivity index (χ1v) is 11.7. The van der Waals surface area contributed by atoms with E-state index in [0.29, 0.717) is 11.1 Å². The van der Waals surface area contributed by atoms with Crippen LogP contribution in [0, 0.1) is 0 Å². The molecule has 2 aromatic heterocycles. The molecule has 0 bridgehead atoms. The van der Waals surface area contributed by atoms with Crippen LogP contribution in [-0.2, 0) is 0 Å². The molecule has 0 spiro atoms. The van der Waals surface area contributed by atoms with Gasteiger partial charge in [-0.2, -0.15) is 0 Å². The highest BCUT2D eigenvalue weighted by Gasteiger charge is 2.17. The zero-order chi connectivity index (χ0) is 39.8. The lowest BCUT2D eigenvalue weighted by molar-refractivity contribution is 1.17. The van der Waals surface area contributed by atoms with Crippen LogP contribution in [0.25, 0.3) is 66.1 Å². The topological polar surface area (TPSA) is 9.86 Å². The molecule has 2 nitrogen and oxygen atoms in total. The van der Waals surface area contributed by atoms with Gasteiger partial charge in [0, 0.05) is 32.8 Å². The van der Waals surface area contributed by atoms with Gasteiger partial charge in [0.2, 0.25) is 0 Å². The van der Waals surface area contributed by atoms with Crippen molar-refractivity contribution in [1.29, 1.82) is 0 Å². The summed E-state index contributed by atoms with van der Waals surface area (Å²) in [5, 5.41) is -1.06. The third kappa shape index (κ3) is 3.01. The lowest BCUT2D eigenvalue weighted by Gasteiger charge is -2.14. The first kappa shape index (κ1) is 10.4. The van der Waals surface area contributed by atoms with Crippen LogP contribution in [0.1, 0.15) is 23.3 Å². The average Bonchev–Trinajstić information content (AvgIpc) is 3.70. The van der Waals surface area contributed by atoms with Crippen molar-refractivity contribution in [1.82, 2.24) is 9.13 Å². The fourth-order valence-electron chi connectivity index (χ4n) is 4.92. The minimum Gasteiger partial charge on any atom is -0.309 e. The summed E-state index contributed by atoms with van der Waals surface area (Å²) in [6.07, 6.45) is 0. The molecule has 0 amide bonds. The number of rotatable bonds is 3. The van der Waals surface area contributed by atoms with Crippen LogP contribution in [-0.4, -0.2) is 9.13 Å². The van der Waals surface area contributed by atoms with Gasteiger partial charge in [0.15, 0.2) is 0 Å². The van der Waals surface area contributed by atoms with Gasteiger partial charge < -0.3 is 9.13 Å². The molecular weight excluding hydrogens is 460 g/mol. The molecule has 0 saturated heterocycles. The number of aromatic nitrogens is 2. The van der Waals surface area contributed by atoms with E-state index in [1.807, 2.05) is 0 Å². The summed E-state index contributed by atoms with van der Waals surface area (Å²) in [6.45, 7) is 0. The maximum atomic E-state index is 9.74. The smallest absolute Gasteiger partial charge is 0.0652 e. The van der Waals surface area contributed by atoms with Gasteiger partial charge in [-0.25, -0.2) is 0 Å². The van der Waals surface area contributed by atoms with E-state index in [1.165, 1.54) is 22.8 Å². The maximum absolute atomic E-state index is 9.74. The summed E-state index contributed by atoms with van der Waals surface area (Å²) in [7, 11) is 0. The Bertz CT molecular complexity index is 2970. The highest BCUT2D eigenvalue weighted by atomic mass is 15.0. The normalized spacial score (nSPS) is 17.9. The Labute approximate surface area is 244 Å². The molecule has 0 atom stereocenters. The van der Waals surface area contributed by atoms with Gasteiger partial charge in [0.05, 0.1) is 51.1 Å². The van der Waals surface area contributed by atoms with Crippen LogP contribution >= 0.6 is 0 Å². The van der Waals surface area contributed by atoms with E-state index >= 15 is 0 Å². The van der Waals surface area contributed by atoms with E-state index in [4.69, 9.17) is 19.2 Å². The monoisotopic (exact) mass is 501 g/mol. The third-order valence-electron chi connectivity index (χ3n) is 6.50. The van der Waals surface area contributed by atoms with Crippen LogP contribution in [0.3, 0.4) is 0 Å². The summed E-state index contributed by atoms with van der Waals surface area (Å²) in [6, 6.07) is 1.12. The molecule has 2 heterocycles. The Morgan fingerprint density at radius 2 is 1.00 bits per heavy atom. The van der Waals surface area contributed by atoms with Crippen LogP contribution in [0.4, 0.5) is 0 Å². The second-order valence-electron chi connectivity index (χ2n) is 8.53.